The monoisotopic (exact) mass is 139 g/mol. The molecule has 10 heavy (non-hydrogen) atoms. The lowest BCUT2D eigenvalue weighted by Crippen LogP contribution is -1.91. The molecule has 0 aliphatic heterocycles. The van der Waals surface area contributed by atoms with E-state index in [0.29, 0.717) is 0 Å². The third-order valence-corrected chi connectivity index (χ3v) is 1.62. The molecule has 0 unspecified atom stereocenters. The molecular formula is C9H17N. The average molecular weight is 139 g/mol. The van der Waals surface area contributed by atoms with E-state index < -0.39 is 0 Å². The fourth-order valence-electron chi connectivity index (χ4n) is 0.711. The van der Waals surface area contributed by atoms with Crippen molar-refractivity contribution >= 4 is 5.71 Å². The van der Waals surface area contributed by atoms with Crippen molar-refractivity contribution in [3.63, 3.8) is 0 Å². The lowest BCUT2D eigenvalue weighted by molar-refractivity contribution is 1.10. The Morgan fingerprint density at radius 2 is 1.90 bits per heavy atom. The molecule has 0 fully saturated rings. The summed E-state index contributed by atoms with van der Waals surface area (Å²) in [6.45, 7) is 6.43. The number of hydrogen-bond acceptors (Lipinski definition) is 1. The lowest BCUT2D eigenvalue weighted by atomic mass is 10.1. The minimum atomic E-state index is 1.04. The van der Waals surface area contributed by atoms with E-state index in [1.54, 1.807) is 0 Å². The van der Waals surface area contributed by atoms with Gasteiger partial charge in [0.05, 0.1) is 0 Å². The Hall–Kier alpha value is -0.590. The van der Waals surface area contributed by atoms with Crippen molar-refractivity contribution in [2.24, 2.45) is 4.99 Å². The Morgan fingerprint density at radius 1 is 1.30 bits per heavy atom. The highest BCUT2D eigenvalue weighted by molar-refractivity contribution is 5.95. The topological polar surface area (TPSA) is 12.4 Å². The molecule has 0 aromatic rings. The van der Waals surface area contributed by atoms with Gasteiger partial charge in [-0.15, -0.1) is 0 Å². The van der Waals surface area contributed by atoms with Gasteiger partial charge in [0.1, 0.15) is 0 Å². The molecule has 0 heterocycles. The van der Waals surface area contributed by atoms with Gasteiger partial charge in [0.25, 0.3) is 0 Å². The fraction of sp³-hybridized carbons (Fsp3) is 0.667. The van der Waals surface area contributed by atoms with Gasteiger partial charge in [-0.3, -0.25) is 4.99 Å². The van der Waals surface area contributed by atoms with Gasteiger partial charge in [-0.2, -0.15) is 0 Å². The van der Waals surface area contributed by atoms with Crippen LogP contribution in [0.25, 0.3) is 0 Å². The van der Waals surface area contributed by atoms with Gasteiger partial charge in [-0.1, -0.05) is 19.4 Å². The van der Waals surface area contributed by atoms with Gasteiger partial charge < -0.3 is 0 Å². The number of allylic oxidation sites excluding steroid dienone is 2. The summed E-state index contributed by atoms with van der Waals surface area (Å²) in [5, 5.41) is 0. The van der Waals surface area contributed by atoms with Crippen molar-refractivity contribution in [1.29, 1.82) is 0 Å². The molecule has 1 heteroatoms. The van der Waals surface area contributed by atoms with E-state index in [2.05, 4.69) is 31.8 Å². The summed E-state index contributed by atoms with van der Waals surface area (Å²) in [6, 6.07) is 0. The van der Waals surface area contributed by atoms with Crippen molar-refractivity contribution in [2.45, 2.75) is 33.6 Å². The molecule has 0 aliphatic carbocycles. The normalized spacial score (nSPS) is 14.0. The second kappa shape index (κ2) is 5.21. The molecular weight excluding hydrogens is 122 g/mol. The van der Waals surface area contributed by atoms with Crippen LogP contribution in [0.1, 0.15) is 33.6 Å². The van der Waals surface area contributed by atoms with Gasteiger partial charge in [-0.25, -0.2) is 0 Å². The summed E-state index contributed by atoms with van der Waals surface area (Å²) in [5.41, 5.74) is 2.60. The van der Waals surface area contributed by atoms with E-state index in [-0.39, 0.29) is 0 Å². The first-order valence-corrected chi connectivity index (χ1v) is 3.87. The maximum absolute atomic E-state index is 4.13. The summed E-state index contributed by atoms with van der Waals surface area (Å²) >= 11 is 0. The van der Waals surface area contributed by atoms with Crippen molar-refractivity contribution in [3.05, 3.63) is 11.6 Å². The highest BCUT2D eigenvalue weighted by atomic mass is 14.7. The largest absolute Gasteiger partial charge is 0.293 e. The van der Waals surface area contributed by atoms with Crippen molar-refractivity contribution in [3.8, 4) is 0 Å². The summed E-state index contributed by atoms with van der Waals surface area (Å²) in [7, 11) is 1.85. The average Bonchev–Trinajstić information content (AvgIpc) is 1.99. The molecule has 1 nitrogen and oxygen atoms in total. The van der Waals surface area contributed by atoms with Crippen molar-refractivity contribution in [2.75, 3.05) is 7.05 Å². The fourth-order valence-corrected chi connectivity index (χ4v) is 0.711. The molecule has 0 spiro atoms. The number of aliphatic imine (C=N–C) groups is 1. The zero-order valence-electron chi connectivity index (χ0n) is 7.44. The Morgan fingerprint density at radius 3 is 2.20 bits per heavy atom. The van der Waals surface area contributed by atoms with E-state index in [9.17, 15) is 0 Å². The van der Waals surface area contributed by atoms with Crippen LogP contribution in [0.15, 0.2) is 16.6 Å². The summed E-state index contributed by atoms with van der Waals surface area (Å²) in [6.07, 6.45) is 4.33. The van der Waals surface area contributed by atoms with E-state index >= 15 is 0 Å². The third kappa shape index (κ3) is 3.44. The third-order valence-electron chi connectivity index (χ3n) is 1.62. The van der Waals surface area contributed by atoms with Crippen LogP contribution in [-0.2, 0) is 0 Å². The first-order valence-electron chi connectivity index (χ1n) is 3.87. The molecule has 0 saturated carbocycles. The number of nitrogens with zero attached hydrogens (tertiary/aromatic N) is 1. The van der Waals surface area contributed by atoms with Crippen molar-refractivity contribution in [1.82, 2.24) is 0 Å². The predicted molar refractivity (Wildman–Crippen MR) is 47.7 cm³/mol. The van der Waals surface area contributed by atoms with Crippen LogP contribution >= 0.6 is 0 Å². The first kappa shape index (κ1) is 9.41. The lowest BCUT2D eigenvalue weighted by Gasteiger charge is -1.96. The molecule has 0 amide bonds. The second-order valence-corrected chi connectivity index (χ2v) is 2.41. The predicted octanol–water partition coefficient (Wildman–Crippen LogP) is 2.82. The highest BCUT2D eigenvalue weighted by Gasteiger charge is 1.89. The van der Waals surface area contributed by atoms with E-state index in [4.69, 9.17) is 0 Å². The summed E-state index contributed by atoms with van der Waals surface area (Å²) in [4.78, 5) is 4.13. The Balaban J connectivity index is 4.08. The number of rotatable bonds is 3. The van der Waals surface area contributed by atoms with E-state index in [1.807, 2.05) is 7.05 Å². The summed E-state index contributed by atoms with van der Waals surface area (Å²) in [5.74, 6) is 0. The quantitative estimate of drug-likeness (QED) is 0.533. The zero-order chi connectivity index (χ0) is 7.98. The maximum atomic E-state index is 4.13. The Labute approximate surface area is 63.9 Å². The zero-order valence-corrected chi connectivity index (χ0v) is 7.44. The second-order valence-electron chi connectivity index (χ2n) is 2.41. The molecule has 0 radical (unpaired) electrons. The highest BCUT2D eigenvalue weighted by Crippen LogP contribution is 2.00. The Bertz CT molecular complexity index is 143. The van der Waals surface area contributed by atoms with Gasteiger partial charge in [0.2, 0.25) is 0 Å². The molecule has 0 saturated heterocycles. The van der Waals surface area contributed by atoms with Crippen LogP contribution in [0, 0.1) is 0 Å². The minimum Gasteiger partial charge on any atom is -0.293 e. The standard InChI is InChI=1S/C9H17N/c1-5-8(3)7-9(6-2)10-4/h7H,5-6H2,1-4H3. The molecule has 0 aromatic carbocycles. The van der Waals surface area contributed by atoms with Crippen LogP contribution in [0.5, 0.6) is 0 Å². The Kier molecular flexibility index (Phi) is 4.91. The SMILES string of the molecule is CCC(C)=CC(CC)=NC. The molecule has 0 aromatic heterocycles. The van der Waals surface area contributed by atoms with Crippen LogP contribution in [0.4, 0.5) is 0 Å². The molecule has 0 aliphatic rings. The van der Waals surface area contributed by atoms with Crippen LogP contribution in [0.2, 0.25) is 0 Å². The summed E-state index contributed by atoms with van der Waals surface area (Å²) < 4.78 is 0. The van der Waals surface area contributed by atoms with Gasteiger partial charge in [0.15, 0.2) is 0 Å². The van der Waals surface area contributed by atoms with E-state index in [0.717, 1.165) is 12.8 Å². The maximum Gasteiger partial charge on any atom is 0.0341 e. The van der Waals surface area contributed by atoms with Crippen LogP contribution in [-0.4, -0.2) is 12.8 Å². The molecule has 58 valence electrons. The smallest absolute Gasteiger partial charge is 0.0341 e. The van der Waals surface area contributed by atoms with Crippen LogP contribution < -0.4 is 0 Å². The first-order chi connectivity index (χ1) is 4.74. The van der Waals surface area contributed by atoms with E-state index in [1.165, 1.54) is 11.3 Å². The van der Waals surface area contributed by atoms with Gasteiger partial charge in [0, 0.05) is 12.8 Å². The van der Waals surface area contributed by atoms with Crippen LogP contribution in [0.3, 0.4) is 0 Å². The molecule has 0 rings (SSSR count). The minimum absolute atomic E-state index is 1.04. The molecule has 0 atom stereocenters. The van der Waals surface area contributed by atoms with Gasteiger partial charge >= 0.3 is 0 Å². The van der Waals surface area contributed by atoms with Crippen molar-refractivity contribution < 1.29 is 0 Å². The molecule has 0 bridgehead atoms. The number of hydrogen-bond donors (Lipinski definition) is 0. The molecule has 0 N–H and O–H groups in total. The van der Waals surface area contributed by atoms with Gasteiger partial charge in [-0.05, 0) is 25.8 Å².